The zero-order valence-electron chi connectivity index (χ0n) is 7.99. The maximum Gasteiger partial charge on any atom is 0.123 e. The SMILES string of the molecule is CCc1ccc(O)c2cc(O)ccc12. The second-order valence-electron chi connectivity index (χ2n) is 3.33. The highest BCUT2D eigenvalue weighted by Crippen LogP contribution is 2.30. The van der Waals surface area contributed by atoms with E-state index in [0.717, 1.165) is 11.8 Å². The molecule has 0 unspecified atom stereocenters. The van der Waals surface area contributed by atoms with Gasteiger partial charge in [0.25, 0.3) is 0 Å². The summed E-state index contributed by atoms with van der Waals surface area (Å²) in [5, 5.41) is 20.6. The molecular formula is C12H12O2. The number of hydrogen-bond donors (Lipinski definition) is 2. The molecule has 0 bridgehead atoms. The first kappa shape index (κ1) is 8.88. The lowest BCUT2D eigenvalue weighted by Gasteiger charge is -2.06. The number of fused-ring (bicyclic) bond motifs is 1. The van der Waals surface area contributed by atoms with Crippen LogP contribution in [0.2, 0.25) is 0 Å². The Morgan fingerprint density at radius 2 is 1.79 bits per heavy atom. The fourth-order valence-corrected chi connectivity index (χ4v) is 1.69. The third-order valence-electron chi connectivity index (χ3n) is 2.45. The van der Waals surface area contributed by atoms with Crippen molar-refractivity contribution in [1.82, 2.24) is 0 Å². The van der Waals surface area contributed by atoms with Gasteiger partial charge in [-0.15, -0.1) is 0 Å². The molecule has 0 saturated carbocycles. The molecule has 2 aromatic carbocycles. The van der Waals surface area contributed by atoms with Gasteiger partial charge in [0.1, 0.15) is 11.5 Å². The summed E-state index contributed by atoms with van der Waals surface area (Å²) in [5.74, 6) is 0.397. The van der Waals surface area contributed by atoms with Gasteiger partial charge in [0, 0.05) is 5.39 Å². The number of aromatic hydroxyl groups is 2. The van der Waals surface area contributed by atoms with Crippen LogP contribution in [-0.4, -0.2) is 10.2 Å². The fourth-order valence-electron chi connectivity index (χ4n) is 1.69. The van der Waals surface area contributed by atoms with Crippen LogP contribution in [0.3, 0.4) is 0 Å². The number of benzene rings is 2. The first-order valence-electron chi connectivity index (χ1n) is 4.66. The lowest BCUT2D eigenvalue weighted by atomic mass is 10.0. The van der Waals surface area contributed by atoms with Crippen molar-refractivity contribution < 1.29 is 10.2 Å². The van der Waals surface area contributed by atoms with Crippen molar-refractivity contribution in [3.05, 3.63) is 35.9 Å². The molecular weight excluding hydrogens is 176 g/mol. The van der Waals surface area contributed by atoms with Gasteiger partial charge in [0.05, 0.1) is 0 Å². The molecule has 0 saturated heterocycles. The molecule has 0 heterocycles. The summed E-state index contributed by atoms with van der Waals surface area (Å²) in [4.78, 5) is 0. The van der Waals surface area contributed by atoms with E-state index in [1.165, 1.54) is 5.56 Å². The largest absolute Gasteiger partial charge is 0.508 e. The minimum atomic E-state index is 0.182. The van der Waals surface area contributed by atoms with Gasteiger partial charge in [0.2, 0.25) is 0 Å². The highest BCUT2D eigenvalue weighted by molar-refractivity contribution is 5.91. The Morgan fingerprint density at radius 3 is 2.50 bits per heavy atom. The summed E-state index contributed by atoms with van der Waals surface area (Å²) in [6.45, 7) is 2.07. The summed E-state index contributed by atoms with van der Waals surface area (Å²) >= 11 is 0. The predicted molar refractivity (Wildman–Crippen MR) is 56.7 cm³/mol. The molecule has 2 rings (SSSR count). The first-order valence-corrected chi connectivity index (χ1v) is 4.66. The van der Waals surface area contributed by atoms with E-state index >= 15 is 0 Å². The Hall–Kier alpha value is -1.70. The summed E-state index contributed by atoms with van der Waals surface area (Å²) in [6, 6.07) is 8.64. The van der Waals surface area contributed by atoms with Crippen LogP contribution in [0.25, 0.3) is 10.8 Å². The van der Waals surface area contributed by atoms with Crippen molar-refractivity contribution in [3.63, 3.8) is 0 Å². The molecule has 2 aromatic rings. The van der Waals surface area contributed by atoms with Crippen molar-refractivity contribution in [2.75, 3.05) is 0 Å². The monoisotopic (exact) mass is 188 g/mol. The Balaban J connectivity index is 2.84. The van der Waals surface area contributed by atoms with Gasteiger partial charge in [0.15, 0.2) is 0 Å². The average Bonchev–Trinajstić information content (AvgIpc) is 2.19. The molecule has 0 aliphatic rings. The standard InChI is InChI=1S/C12H12O2/c1-2-8-3-6-12(14)11-7-9(13)4-5-10(8)11/h3-7,13-14H,2H2,1H3. The predicted octanol–water partition coefficient (Wildman–Crippen LogP) is 2.81. The second kappa shape index (κ2) is 3.22. The average molecular weight is 188 g/mol. The number of aryl methyl sites for hydroxylation is 1. The summed E-state index contributed by atoms with van der Waals surface area (Å²) in [6.07, 6.45) is 0.918. The van der Waals surface area contributed by atoms with E-state index < -0.39 is 0 Å². The molecule has 0 radical (unpaired) electrons. The molecule has 0 fully saturated rings. The van der Waals surface area contributed by atoms with Crippen LogP contribution in [0, 0.1) is 0 Å². The first-order chi connectivity index (χ1) is 6.72. The van der Waals surface area contributed by atoms with Crippen LogP contribution in [0.15, 0.2) is 30.3 Å². The van der Waals surface area contributed by atoms with Crippen LogP contribution in [0.1, 0.15) is 12.5 Å². The molecule has 0 atom stereocenters. The molecule has 2 heteroatoms. The van der Waals surface area contributed by atoms with E-state index in [2.05, 4.69) is 6.92 Å². The number of hydrogen-bond acceptors (Lipinski definition) is 2. The van der Waals surface area contributed by atoms with E-state index in [1.54, 1.807) is 18.2 Å². The maximum atomic E-state index is 9.60. The highest BCUT2D eigenvalue weighted by Gasteiger charge is 2.04. The quantitative estimate of drug-likeness (QED) is 0.722. The smallest absolute Gasteiger partial charge is 0.123 e. The van der Waals surface area contributed by atoms with Crippen molar-refractivity contribution in [2.45, 2.75) is 13.3 Å². The molecule has 2 nitrogen and oxygen atoms in total. The molecule has 14 heavy (non-hydrogen) atoms. The van der Waals surface area contributed by atoms with Gasteiger partial charge >= 0.3 is 0 Å². The lowest BCUT2D eigenvalue weighted by Crippen LogP contribution is -1.83. The lowest BCUT2D eigenvalue weighted by molar-refractivity contribution is 0.471. The fraction of sp³-hybridized carbons (Fsp3) is 0.167. The van der Waals surface area contributed by atoms with E-state index in [0.29, 0.717) is 5.39 Å². The number of rotatable bonds is 1. The van der Waals surface area contributed by atoms with Gasteiger partial charge in [-0.1, -0.05) is 19.1 Å². The molecule has 0 amide bonds. The Labute approximate surface area is 82.4 Å². The summed E-state index contributed by atoms with van der Waals surface area (Å²) in [5.41, 5.74) is 1.18. The third-order valence-corrected chi connectivity index (χ3v) is 2.45. The van der Waals surface area contributed by atoms with Crippen molar-refractivity contribution in [3.8, 4) is 11.5 Å². The van der Waals surface area contributed by atoms with Crippen molar-refractivity contribution >= 4 is 10.8 Å². The molecule has 2 N–H and O–H groups in total. The van der Waals surface area contributed by atoms with Crippen molar-refractivity contribution in [2.24, 2.45) is 0 Å². The van der Waals surface area contributed by atoms with Crippen LogP contribution in [0.4, 0.5) is 0 Å². The third kappa shape index (κ3) is 1.29. The Morgan fingerprint density at radius 1 is 1.00 bits per heavy atom. The topological polar surface area (TPSA) is 40.5 Å². The zero-order valence-corrected chi connectivity index (χ0v) is 7.99. The minimum absolute atomic E-state index is 0.182. The summed E-state index contributed by atoms with van der Waals surface area (Å²) < 4.78 is 0. The van der Waals surface area contributed by atoms with Crippen LogP contribution >= 0.6 is 0 Å². The molecule has 0 aromatic heterocycles. The molecule has 72 valence electrons. The van der Waals surface area contributed by atoms with Crippen LogP contribution in [-0.2, 0) is 6.42 Å². The Bertz CT molecular complexity index is 475. The van der Waals surface area contributed by atoms with E-state index in [-0.39, 0.29) is 11.5 Å². The van der Waals surface area contributed by atoms with Gasteiger partial charge in [-0.05, 0) is 35.6 Å². The number of phenols is 2. The van der Waals surface area contributed by atoms with Crippen LogP contribution in [0.5, 0.6) is 11.5 Å². The van der Waals surface area contributed by atoms with Crippen molar-refractivity contribution in [1.29, 1.82) is 0 Å². The van der Waals surface area contributed by atoms with Gasteiger partial charge < -0.3 is 10.2 Å². The van der Waals surface area contributed by atoms with Crippen LogP contribution < -0.4 is 0 Å². The second-order valence-corrected chi connectivity index (χ2v) is 3.33. The molecule has 0 spiro atoms. The minimum Gasteiger partial charge on any atom is -0.508 e. The van der Waals surface area contributed by atoms with E-state index in [4.69, 9.17) is 0 Å². The van der Waals surface area contributed by atoms with E-state index in [1.807, 2.05) is 12.1 Å². The molecule has 0 aliphatic carbocycles. The number of phenolic OH excluding ortho intramolecular Hbond substituents is 2. The normalized spacial score (nSPS) is 10.6. The highest BCUT2D eigenvalue weighted by atomic mass is 16.3. The van der Waals surface area contributed by atoms with Gasteiger partial charge in [-0.3, -0.25) is 0 Å². The summed E-state index contributed by atoms with van der Waals surface area (Å²) in [7, 11) is 0. The Kier molecular flexibility index (Phi) is 2.04. The van der Waals surface area contributed by atoms with E-state index in [9.17, 15) is 10.2 Å². The van der Waals surface area contributed by atoms with Gasteiger partial charge in [-0.25, -0.2) is 0 Å². The maximum absolute atomic E-state index is 9.60. The molecule has 0 aliphatic heterocycles. The zero-order chi connectivity index (χ0) is 10.1. The van der Waals surface area contributed by atoms with Gasteiger partial charge in [-0.2, -0.15) is 0 Å².